The minimum absolute atomic E-state index is 0.0700. The third-order valence-electron chi connectivity index (χ3n) is 3.91. The summed E-state index contributed by atoms with van der Waals surface area (Å²) in [6, 6.07) is 7.67. The molecule has 0 saturated carbocycles. The van der Waals surface area contributed by atoms with Crippen LogP contribution in [0.4, 0.5) is 11.4 Å². The highest BCUT2D eigenvalue weighted by atomic mass is 16.6. The lowest BCUT2D eigenvalue weighted by molar-refractivity contribution is -0.117. The predicted molar refractivity (Wildman–Crippen MR) is 84.5 cm³/mol. The first-order valence-electron chi connectivity index (χ1n) is 7.53. The number of hydrogen-bond acceptors (Lipinski definition) is 5. The summed E-state index contributed by atoms with van der Waals surface area (Å²) >= 11 is 0. The van der Waals surface area contributed by atoms with Crippen molar-refractivity contribution in [2.45, 2.75) is 6.42 Å². The maximum atomic E-state index is 12.8. The summed E-state index contributed by atoms with van der Waals surface area (Å²) in [6.45, 7) is 3.64. The van der Waals surface area contributed by atoms with Crippen LogP contribution in [0.3, 0.4) is 0 Å². The molecule has 1 saturated heterocycles. The van der Waals surface area contributed by atoms with E-state index in [0.717, 1.165) is 36.6 Å². The second kappa shape index (κ2) is 6.81. The number of benzene rings is 1. The van der Waals surface area contributed by atoms with Gasteiger partial charge in [-0.05, 0) is 30.7 Å². The highest BCUT2D eigenvalue weighted by molar-refractivity contribution is 6.06. The molecule has 1 fully saturated rings. The van der Waals surface area contributed by atoms with Crippen molar-refractivity contribution < 1.29 is 14.4 Å². The molecular formula is C16H21N3O3. The van der Waals surface area contributed by atoms with Crippen LogP contribution >= 0.6 is 0 Å². The zero-order valence-electron chi connectivity index (χ0n) is 12.7. The largest absolute Gasteiger partial charge is 0.378 e. The number of hydrogen-bond donors (Lipinski definition) is 1. The maximum Gasteiger partial charge on any atom is 0.274 e. The third kappa shape index (κ3) is 3.08. The van der Waals surface area contributed by atoms with Gasteiger partial charge >= 0.3 is 0 Å². The van der Waals surface area contributed by atoms with E-state index in [1.165, 1.54) is 0 Å². The van der Waals surface area contributed by atoms with Gasteiger partial charge in [0.15, 0.2) is 0 Å². The molecule has 2 heterocycles. The van der Waals surface area contributed by atoms with Gasteiger partial charge in [-0.2, -0.15) is 0 Å². The van der Waals surface area contributed by atoms with Crippen LogP contribution in [0.2, 0.25) is 0 Å². The van der Waals surface area contributed by atoms with Crippen molar-refractivity contribution in [1.29, 1.82) is 0 Å². The molecule has 0 bridgehead atoms. The average molecular weight is 303 g/mol. The number of nitrogens with zero attached hydrogens (tertiary/aromatic N) is 2. The molecule has 0 atom stereocenters. The van der Waals surface area contributed by atoms with E-state index >= 15 is 0 Å². The zero-order valence-corrected chi connectivity index (χ0v) is 12.7. The minimum atomic E-state index is 0.0700. The lowest BCUT2D eigenvalue weighted by Crippen LogP contribution is -2.45. The van der Waals surface area contributed by atoms with Crippen molar-refractivity contribution in [3.8, 4) is 0 Å². The van der Waals surface area contributed by atoms with E-state index in [9.17, 15) is 4.79 Å². The normalized spacial score (nSPS) is 19.1. The van der Waals surface area contributed by atoms with Gasteiger partial charge in [-0.25, -0.2) is 0 Å². The molecule has 1 aromatic carbocycles. The summed E-state index contributed by atoms with van der Waals surface area (Å²) in [7, 11) is 1.57. The smallest absolute Gasteiger partial charge is 0.274 e. The second-order valence-electron chi connectivity index (χ2n) is 5.29. The molecular weight excluding hydrogens is 282 g/mol. The summed E-state index contributed by atoms with van der Waals surface area (Å²) < 4.78 is 5.36. The summed E-state index contributed by atoms with van der Waals surface area (Å²) in [5, 5.41) is 0. The molecule has 118 valence electrons. The molecule has 0 spiro atoms. The van der Waals surface area contributed by atoms with Gasteiger partial charge < -0.3 is 14.5 Å². The van der Waals surface area contributed by atoms with Gasteiger partial charge in [0.25, 0.3) is 5.91 Å². The van der Waals surface area contributed by atoms with Gasteiger partial charge in [-0.15, -0.1) is 0 Å². The van der Waals surface area contributed by atoms with Gasteiger partial charge in [0.05, 0.1) is 31.7 Å². The molecule has 3 rings (SSSR count). The lowest BCUT2D eigenvalue weighted by Gasteiger charge is -2.35. The Kier molecular flexibility index (Phi) is 4.60. The number of carbonyl (C=O) groups is 1. The number of nitrogens with one attached hydrogen (secondary N) is 1. The lowest BCUT2D eigenvalue weighted by atomic mass is 10.1. The molecule has 1 N–H and O–H groups in total. The van der Waals surface area contributed by atoms with Gasteiger partial charge in [0, 0.05) is 25.3 Å². The highest BCUT2D eigenvalue weighted by Gasteiger charge is 2.28. The van der Waals surface area contributed by atoms with E-state index in [0.29, 0.717) is 19.8 Å². The average Bonchev–Trinajstić information content (AvgIpc) is 2.57. The van der Waals surface area contributed by atoms with Crippen LogP contribution in [-0.4, -0.2) is 50.8 Å². The molecule has 1 amide bonds. The van der Waals surface area contributed by atoms with E-state index < -0.39 is 0 Å². The standard InChI is InChI=1S/C16H21N3O3/c1-21-17-13-4-6-14(7-5-13)19-8-2-3-15(16(19)20)18-9-11-22-12-10-18/h3-7,17H,2,8-12H2,1H3. The minimum Gasteiger partial charge on any atom is -0.378 e. The van der Waals surface area contributed by atoms with Gasteiger partial charge in [-0.1, -0.05) is 6.08 Å². The van der Waals surface area contributed by atoms with Crippen LogP contribution in [0.5, 0.6) is 0 Å². The molecule has 0 unspecified atom stereocenters. The molecule has 0 aliphatic carbocycles. The first-order chi connectivity index (χ1) is 10.8. The van der Waals surface area contributed by atoms with Crippen molar-refractivity contribution in [3.05, 3.63) is 36.0 Å². The topological polar surface area (TPSA) is 54.0 Å². The fourth-order valence-corrected chi connectivity index (χ4v) is 2.80. The fourth-order valence-electron chi connectivity index (χ4n) is 2.80. The predicted octanol–water partition coefficient (Wildman–Crippen LogP) is 1.61. The Hall–Kier alpha value is -2.05. The van der Waals surface area contributed by atoms with Crippen LogP contribution in [-0.2, 0) is 14.4 Å². The summed E-state index contributed by atoms with van der Waals surface area (Å²) in [4.78, 5) is 21.6. The molecule has 0 aromatic heterocycles. The quantitative estimate of drug-likeness (QED) is 0.857. The van der Waals surface area contributed by atoms with Gasteiger partial charge in [0.1, 0.15) is 0 Å². The molecule has 6 heteroatoms. The number of carbonyl (C=O) groups excluding carboxylic acids is 1. The Morgan fingerprint density at radius 3 is 2.55 bits per heavy atom. The van der Waals surface area contributed by atoms with Crippen molar-refractivity contribution in [2.75, 3.05) is 50.3 Å². The van der Waals surface area contributed by atoms with Crippen LogP contribution in [0.15, 0.2) is 36.0 Å². The van der Waals surface area contributed by atoms with Crippen LogP contribution < -0.4 is 10.4 Å². The van der Waals surface area contributed by atoms with Crippen LogP contribution in [0.1, 0.15) is 6.42 Å². The molecule has 0 radical (unpaired) electrons. The van der Waals surface area contributed by atoms with Crippen molar-refractivity contribution in [2.24, 2.45) is 0 Å². The van der Waals surface area contributed by atoms with E-state index in [1.807, 2.05) is 35.2 Å². The van der Waals surface area contributed by atoms with E-state index in [-0.39, 0.29) is 5.91 Å². The number of rotatable bonds is 4. The molecule has 22 heavy (non-hydrogen) atoms. The van der Waals surface area contributed by atoms with E-state index in [2.05, 4.69) is 10.4 Å². The first-order valence-corrected chi connectivity index (χ1v) is 7.53. The van der Waals surface area contributed by atoms with Gasteiger partial charge in [0.2, 0.25) is 0 Å². The summed E-state index contributed by atoms with van der Waals surface area (Å²) in [6.07, 6.45) is 2.92. The van der Waals surface area contributed by atoms with Crippen molar-refractivity contribution in [3.63, 3.8) is 0 Å². The second-order valence-corrected chi connectivity index (χ2v) is 5.29. The van der Waals surface area contributed by atoms with Gasteiger partial charge in [-0.3, -0.25) is 15.1 Å². The van der Waals surface area contributed by atoms with Crippen LogP contribution in [0.25, 0.3) is 0 Å². The molecule has 6 nitrogen and oxygen atoms in total. The molecule has 2 aliphatic heterocycles. The summed E-state index contributed by atoms with van der Waals surface area (Å²) in [5.74, 6) is 0.0700. The van der Waals surface area contributed by atoms with E-state index in [4.69, 9.17) is 9.57 Å². The van der Waals surface area contributed by atoms with E-state index in [1.54, 1.807) is 7.11 Å². The number of morpholine rings is 1. The first kappa shape index (κ1) is 14.9. The summed E-state index contributed by atoms with van der Waals surface area (Å²) in [5.41, 5.74) is 5.34. The van der Waals surface area contributed by atoms with Crippen LogP contribution in [0, 0.1) is 0 Å². The van der Waals surface area contributed by atoms with Crippen molar-refractivity contribution >= 4 is 17.3 Å². The Morgan fingerprint density at radius 1 is 1.14 bits per heavy atom. The number of amides is 1. The SMILES string of the molecule is CONc1ccc(N2CCC=C(N3CCOCC3)C2=O)cc1. The molecule has 2 aliphatic rings. The zero-order chi connectivity index (χ0) is 15.4. The van der Waals surface area contributed by atoms with Crippen molar-refractivity contribution in [1.82, 2.24) is 4.90 Å². The Balaban J connectivity index is 1.74. The third-order valence-corrected chi connectivity index (χ3v) is 3.91. The Morgan fingerprint density at radius 2 is 1.86 bits per heavy atom. The Bertz CT molecular complexity index is 550. The maximum absolute atomic E-state index is 12.8. The number of anilines is 2. The number of ether oxygens (including phenoxy) is 1. The fraction of sp³-hybridized carbons (Fsp3) is 0.438. The monoisotopic (exact) mass is 303 g/mol. The highest BCUT2D eigenvalue weighted by Crippen LogP contribution is 2.24. The Labute approximate surface area is 130 Å². The molecule has 1 aromatic rings.